The van der Waals surface area contributed by atoms with Crippen molar-refractivity contribution in [2.24, 2.45) is 5.73 Å². The van der Waals surface area contributed by atoms with E-state index in [1.807, 2.05) is 0 Å². The fourth-order valence-electron chi connectivity index (χ4n) is 2.32. The normalized spacial score (nSPS) is 22.0. The van der Waals surface area contributed by atoms with Crippen LogP contribution in [0, 0.1) is 0 Å². The van der Waals surface area contributed by atoms with Gasteiger partial charge in [-0.3, -0.25) is 9.69 Å². The van der Waals surface area contributed by atoms with Crippen LogP contribution >= 0.6 is 0 Å². The molecule has 0 bridgehead atoms. The predicted octanol–water partition coefficient (Wildman–Crippen LogP) is 0.716. The number of hydrogen-bond acceptors (Lipinski definition) is 3. The first-order chi connectivity index (χ1) is 7.74. The first kappa shape index (κ1) is 13.5. The van der Waals surface area contributed by atoms with Gasteiger partial charge in [-0.2, -0.15) is 0 Å². The summed E-state index contributed by atoms with van der Waals surface area (Å²) in [5, 5.41) is 3.40. The van der Waals surface area contributed by atoms with Gasteiger partial charge >= 0.3 is 0 Å². The fourth-order valence-corrected chi connectivity index (χ4v) is 2.32. The number of nitrogens with one attached hydrogen (secondary N) is 1. The average Bonchev–Trinajstić information content (AvgIpc) is 2.52. The van der Waals surface area contributed by atoms with Crippen molar-refractivity contribution in [3.8, 4) is 0 Å². The fraction of sp³-hybridized carbons (Fsp3) is 0.917. The monoisotopic (exact) mass is 227 g/mol. The lowest BCUT2D eigenvalue weighted by molar-refractivity contribution is -0.119. The third kappa shape index (κ3) is 4.94. The van der Waals surface area contributed by atoms with E-state index in [2.05, 4.69) is 17.1 Å². The smallest absolute Gasteiger partial charge is 0.231 e. The third-order valence-corrected chi connectivity index (χ3v) is 3.22. The van der Waals surface area contributed by atoms with Crippen LogP contribution in [-0.2, 0) is 4.79 Å². The highest BCUT2D eigenvalue weighted by atomic mass is 16.1. The van der Waals surface area contributed by atoms with Crippen LogP contribution in [0.4, 0.5) is 0 Å². The molecule has 1 rings (SSSR count). The Hall–Kier alpha value is -0.610. The van der Waals surface area contributed by atoms with Gasteiger partial charge in [-0.25, -0.2) is 0 Å². The molecule has 16 heavy (non-hydrogen) atoms. The predicted molar refractivity (Wildman–Crippen MR) is 66.2 cm³/mol. The quantitative estimate of drug-likeness (QED) is 0.703. The summed E-state index contributed by atoms with van der Waals surface area (Å²) >= 11 is 0. The van der Waals surface area contributed by atoms with Gasteiger partial charge in [0.1, 0.15) is 0 Å². The van der Waals surface area contributed by atoms with Crippen LogP contribution in [0.3, 0.4) is 0 Å². The molecule has 0 saturated carbocycles. The van der Waals surface area contributed by atoms with E-state index in [0.29, 0.717) is 12.6 Å². The molecule has 0 aromatic rings. The van der Waals surface area contributed by atoms with Gasteiger partial charge in [0.15, 0.2) is 0 Å². The van der Waals surface area contributed by atoms with Crippen molar-refractivity contribution in [1.29, 1.82) is 0 Å². The number of carbonyl (C=O) groups is 1. The molecule has 4 nitrogen and oxygen atoms in total. The van der Waals surface area contributed by atoms with Gasteiger partial charge in [0.2, 0.25) is 5.91 Å². The van der Waals surface area contributed by atoms with Crippen LogP contribution in [0.1, 0.15) is 39.0 Å². The van der Waals surface area contributed by atoms with Gasteiger partial charge in [-0.15, -0.1) is 0 Å². The molecule has 4 heteroatoms. The molecule has 1 heterocycles. The Kier molecular flexibility index (Phi) is 6.42. The van der Waals surface area contributed by atoms with Crippen LogP contribution < -0.4 is 11.1 Å². The standard InChI is InChI=1S/C12H25N3O/c1-2-3-9-15(10-12(13)16)11-5-4-7-14-8-6-11/h11,14H,2-10H2,1H3,(H2,13,16). The largest absolute Gasteiger partial charge is 0.369 e. The van der Waals surface area contributed by atoms with E-state index in [1.165, 1.54) is 19.3 Å². The van der Waals surface area contributed by atoms with Crippen molar-refractivity contribution in [1.82, 2.24) is 10.2 Å². The molecule has 0 aliphatic carbocycles. The number of rotatable bonds is 6. The SMILES string of the molecule is CCCCN(CC(N)=O)C1CCCNCC1. The lowest BCUT2D eigenvalue weighted by atomic mass is 10.1. The van der Waals surface area contributed by atoms with E-state index in [9.17, 15) is 4.79 Å². The lowest BCUT2D eigenvalue weighted by Crippen LogP contribution is -2.42. The molecule has 1 fully saturated rings. The molecular weight excluding hydrogens is 202 g/mol. The highest BCUT2D eigenvalue weighted by Gasteiger charge is 2.20. The van der Waals surface area contributed by atoms with E-state index < -0.39 is 0 Å². The zero-order valence-corrected chi connectivity index (χ0v) is 10.4. The second-order valence-corrected chi connectivity index (χ2v) is 4.63. The minimum atomic E-state index is -0.201. The Morgan fingerprint density at radius 1 is 1.44 bits per heavy atom. The summed E-state index contributed by atoms with van der Waals surface area (Å²) in [4.78, 5) is 13.3. The minimum Gasteiger partial charge on any atom is -0.369 e. The van der Waals surface area contributed by atoms with E-state index in [-0.39, 0.29) is 5.91 Å². The third-order valence-electron chi connectivity index (χ3n) is 3.22. The molecule has 0 aromatic heterocycles. The van der Waals surface area contributed by atoms with E-state index in [0.717, 1.165) is 32.5 Å². The number of hydrogen-bond donors (Lipinski definition) is 2. The van der Waals surface area contributed by atoms with Gasteiger partial charge in [0, 0.05) is 6.04 Å². The van der Waals surface area contributed by atoms with Crippen molar-refractivity contribution < 1.29 is 4.79 Å². The average molecular weight is 227 g/mol. The van der Waals surface area contributed by atoms with Crippen molar-refractivity contribution in [3.05, 3.63) is 0 Å². The molecule has 0 aromatic carbocycles. The number of nitrogens with zero attached hydrogens (tertiary/aromatic N) is 1. The molecule has 0 radical (unpaired) electrons. The number of nitrogens with two attached hydrogens (primary N) is 1. The summed E-state index contributed by atoms with van der Waals surface area (Å²) in [6, 6.07) is 0.536. The maximum atomic E-state index is 11.1. The first-order valence-corrected chi connectivity index (χ1v) is 6.47. The summed E-state index contributed by atoms with van der Waals surface area (Å²) in [5.74, 6) is -0.201. The van der Waals surface area contributed by atoms with Gasteiger partial charge < -0.3 is 11.1 Å². The molecule has 94 valence electrons. The Labute approximate surface area is 98.6 Å². The van der Waals surface area contributed by atoms with Crippen LogP contribution in [0.25, 0.3) is 0 Å². The van der Waals surface area contributed by atoms with E-state index in [1.54, 1.807) is 0 Å². The molecule has 1 amide bonds. The molecule has 1 aliphatic heterocycles. The van der Waals surface area contributed by atoms with Crippen molar-refractivity contribution in [2.75, 3.05) is 26.2 Å². The van der Waals surface area contributed by atoms with Gasteiger partial charge in [0.25, 0.3) is 0 Å². The molecule has 0 spiro atoms. The molecule has 3 N–H and O–H groups in total. The lowest BCUT2D eigenvalue weighted by Gasteiger charge is -2.29. The Morgan fingerprint density at radius 3 is 2.94 bits per heavy atom. The molecule has 1 saturated heterocycles. The Balaban J connectivity index is 2.46. The Bertz CT molecular complexity index is 200. The second kappa shape index (κ2) is 7.63. The summed E-state index contributed by atoms with van der Waals surface area (Å²) in [6.07, 6.45) is 5.84. The van der Waals surface area contributed by atoms with E-state index >= 15 is 0 Å². The van der Waals surface area contributed by atoms with Crippen molar-refractivity contribution >= 4 is 5.91 Å². The molecular formula is C12H25N3O. The second-order valence-electron chi connectivity index (χ2n) is 4.63. The molecule has 1 aliphatic rings. The van der Waals surface area contributed by atoms with E-state index in [4.69, 9.17) is 5.73 Å². The summed E-state index contributed by atoms with van der Waals surface area (Å²) < 4.78 is 0. The van der Waals surface area contributed by atoms with Gasteiger partial charge in [0.05, 0.1) is 6.54 Å². The topological polar surface area (TPSA) is 58.4 Å². The van der Waals surface area contributed by atoms with Crippen molar-refractivity contribution in [3.63, 3.8) is 0 Å². The minimum absolute atomic E-state index is 0.201. The van der Waals surface area contributed by atoms with Gasteiger partial charge in [-0.05, 0) is 45.3 Å². The summed E-state index contributed by atoms with van der Waals surface area (Å²) in [6.45, 7) is 5.77. The maximum Gasteiger partial charge on any atom is 0.231 e. The van der Waals surface area contributed by atoms with Crippen LogP contribution in [0.5, 0.6) is 0 Å². The number of primary amides is 1. The van der Waals surface area contributed by atoms with Crippen molar-refractivity contribution in [2.45, 2.75) is 45.1 Å². The highest BCUT2D eigenvalue weighted by molar-refractivity contribution is 5.75. The zero-order valence-electron chi connectivity index (χ0n) is 10.4. The number of amides is 1. The number of carbonyl (C=O) groups excluding carboxylic acids is 1. The van der Waals surface area contributed by atoms with Crippen LogP contribution in [-0.4, -0.2) is 43.0 Å². The maximum absolute atomic E-state index is 11.1. The molecule has 1 atom stereocenters. The summed E-state index contributed by atoms with van der Waals surface area (Å²) in [5.41, 5.74) is 5.31. The van der Waals surface area contributed by atoms with Crippen LogP contribution in [0.15, 0.2) is 0 Å². The number of unbranched alkanes of at least 4 members (excludes halogenated alkanes) is 1. The zero-order chi connectivity index (χ0) is 11.8. The first-order valence-electron chi connectivity index (χ1n) is 6.47. The van der Waals surface area contributed by atoms with Crippen LogP contribution in [0.2, 0.25) is 0 Å². The van der Waals surface area contributed by atoms with Gasteiger partial charge in [-0.1, -0.05) is 13.3 Å². The highest BCUT2D eigenvalue weighted by Crippen LogP contribution is 2.13. The Morgan fingerprint density at radius 2 is 2.25 bits per heavy atom. The molecule has 1 unspecified atom stereocenters. The summed E-state index contributed by atoms with van der Waals surface area (Å²) in [7, 11) is 0.